The lowest BCUT2D eigenvalue weighted by atomic mass is 10.1. The predicted octanol–water partition coefficient (Wildman–Crippen LogP) is 5.83. The van der Waals surface area contributed by atoms with Crippen molar-refractivity contribution in [3.63, 3.8) is 0 Å². The molecule has 0 N–H and O–H groups in total. The Morgan fingerprint density at radius 1 is 0.912 bits per heavy atom. The first kappa shape index (κ1) is 23.5. The summed E-state index contributed by atoms with van der Waals surface area (Å²) >= 11 is 5.83. The van der Waals surface area contributed by atoms with Gasteiger partial charge in [-0.25, -0.2) is 0 Å². The largest absolute Gasteiger partial charge is 0.493 e. The second-order valence-corrected chi connectivity index (χ2v) is 8.25. The molecule has 6 heteroatoms. The summed E-state index contributed by atoms with van der Waals surface area (Å²) in [4.78, 5) is 17.1. The van der Waals surface area contributed by atoms with Gasteiger partial charge in [0.2, 0.25) is 0 Å². The number of benzene rings is 3. The molecular weight excluding hydrogens is 444 g/mol. The first-order valence-electron chi connectivity index (χ1n) is 11.4. The number of amides is 1. The van der Waals surface area contributed by atoms with E-state index in [1.807, 2.05) is 78.6 Å². The molecular formula is C28H28N2O3S. The van der Waals surface area contributed by atoms with Crippen LogP contribution in [0.3, 0.4) is 0 Å². The van der Waals surface area contributed by atoms with E-state index in [1.165, 1.54) is 5.56 Å². The molecule has 0 aromatic heterocycles. The Bertz CT molecular complexity index is 1210. The van der Waals surface area contributed by atoms with E-state index in [1.54, 1.807) is 12.0 Å². The second-order valence-electron chi connectivity index (χ2n) is 7.89. The quantitative estimate of drug-likeness (QED) is 0.305. The first-order valence-corrected chi connectivity index (χ1v) is 11.8. The molecule has 1 amide bonds. The summed E-state index contributed by atoms with van der Waals surface area (Å²) in [6.45, 7) is 4.96. The topological polar surface area (TPSA) is 42.0 Å². The average Bonchev–Trinajstić information content (AvgIpc) is 3.09. The number of hydrogen-bond acceptors (Lipinski definition) is 4. The third-order valence-electron chi connectivity index (χ3n) is 5.70. The van der Waals surface area contributed by atoms with Crippen LogP contribution in [0.5, 0.6) is 11.5 Å². The molecule has 0 aliphatic carbocycles. The minimum absolute atomic E-state index is 0.137. The molecule has 0 radical (unpaired) electrons. The number of nitrogens with zero attached hydrogens (tertiary/aromatic N) is 2. The standard InChI is InChI=1S/C28H28N2O3S/c1-4-20-11-14-23(15-12-20)30-24(17-22-13-16-25(32-3)26(18-22)33-5-2)27(31)29(28(30)34)19-21-9-7-6-8-10-21/h6-18H,4-5,19H2,1-3H3/b24-17-. The Labute approximate surface area is 206 Å². The summed E-state index contributed by atoms with van der Waals surface area (Å²) in [7, 11) is 1.61. The maximum absolute atomic E-state index is 13.6. The lowest BCUT2D eigenvalue weighted by Gasteiger charge is -2.21. The van der Waals surface area contributed by atoms with Gasteiger partial charge < -0.3 is 9.47 Å². The van der Waals surface area contributed by atoms with Gasteiger partial charge in [0.15, 0.2) is 16.6 Å². The molecule has 3 aromatic carbocycles. The van der Waals surface area contributed by atoms with Gasteiger partial charge in [-0.3, -0.25) is 14.6 Å². The summed E-state index contributed by atoms with van der Waals surface area (Å²) in [5, 5.41) is 0.461. The highest BCUT2D eigenvalue weighted by Gasteiger charge is 2.38. The van der Waals surface area contributed by atoms with Crippen molar-refractivity contribution in [2.24, 2.45) is 0 Å². The zero-order valence-electron chi connectivity index (χ0n) is 19.7. The molecule has 3 aromatic rings. The van der Waals surface area contributed by atoms with Crippen LogP contribution in [0.25, 0.3) is 6.08 Å². The average molecular weight is 473 g/mol. The fourth-order valence-corrected chi connectivity index (χ4v) is 4.27. The van der Waals surface area contributed by atoms with Crippen LogP contribution in [0.1, 0.15) is 30.5 Å². The minimum atomic E-state index is -0.137. The van der Waals surface area contributed by atoms with Crippen LogP contribution in [0.4, 0.5) is 5.69 Å². The molecule has 34 heavy (non-hydrogen) atoms. The Kier molecular flexibility index (Phi) is 7.28. The van der Waals surface area contributed by atoms with E-state index in [2.05, 4.69) is 19.1 Å². The normalized spacial score (nSPS) is 14.7. The fraction of sp³-hybridized carbons (Fsp3) is 0.214. The van der Waals surface area contributed by atoms with Crippen LogP contribution in [0.15, 0.2) is 78.5 Å². The van der Waals surface area contributed by atoms with Crippen molar-refractivity contribution < 1.29 is 14.3 Å². The highest BCUT2D eigenvalue weighted by molar-refractivity contribution is 7.80. The van der Waals surface area contributed by atoms with E-state index in [0.29, 0.717) is 35.5 Å². The van der Waals surface area contributed by atoms with Crippen LogP contribution < -0.4 is 14.4 Å². The number of methoxy groups -OCH3 is 1. The van der Waals surface area contributed by atoms with Crippen molar-refractivity contribution in [1.29, 1.82) is 0 Å². The lowest BCUT2D eigenvalue weighted by Crippen LogP contribution is -2.32. The number of anilines is 1. The fourth-order valence-electron chi connectivity index (χ4n) is 3.92. The monoisotopic (exact) mass is 472 g/mol. The number of ether oxygens (including phenoxy) is 2. The van der Waals surface area contributed by atoms with Crippen LogP contribution >= 0.6 is 12.2 Å². The van der Waals surface area contributed by atoms with Crippen molar-refractivity contribution in [3.05, 3.63) is 95.2 Å². The van der Waals surface area contributed by atoms with E-state index in [0.717, 1.165) is 23.2 Å². The smallest absolute Gasteiger partial charge is 0.277 e. The zero-order valence-corrected chi connectivity index (χ0v) is 20.5. The molecule has 1 fully saturated rings. The van der Waals surface area contributed by atoms with Gasteiger partial charge in [-0.05, 0) is 72.6 Å². The van der Waals surface area contributed by atoms with Gasteiger partial charge in [-0.1, -0.05) is 55.5 Å². The van der Waals surface area contributed by atoms with E-state index < -0.39 is 0 Å². The van der Waals surface area contributed by atoms with Crippen LogP contribution in [0, 0.1) is 0 Å². The summed E-state index contributed by atoms with van der Waals surface area (Å²) in [5.41, 5.74) is 4.42. The van der Waals surface area contributed by atoms with Crippen molar-refractivity contribution in [2.75, 3.05) is 18.6 Å². The Balaban J connectivity index is 1.77. The molecule has 0 saturated carbocycles. The van der Waals surface area contributed by atoms with Crippen LogP contribution in [-0.4, -0.2) is 29.6 Å². The third-order valence-corrected chi connectivity index (χ3v) is 6.11. The molecule has 5 nitrogen and oxygen atoms in total. The summed E-state index contributed by atoms with van der Waals surface area (Å²) in [6, 6.07) is 23.7. The Morgan fingerprint density at radius 2 is 1.65 bits per heavy atom. The van der Waals surface area contributed by atoms with E-state index in [4.69, 9.17) is 21.7 Å². The van der Waals surface area contributed by atoms with Gasteiger partial charge in [0.1, 0.15) is 5.70 Å². The van der Waals surface area contributed by atoms with Crippen molar-refractivity contribution in [3.8, 4) is 11.5 Å². The predicted molar refractivity (Wildman–Crippen MR) is 140 cm³/mol. The molecule has 4 rings (SSSR count). The molecule has 1 saturated heterocycles. The highest BCUT2D eigenvalue weighted by atomic mass is 32.1. The zero-order chi connectivity index (χ0) is 24.1. The SMILES string of the molecule is CCOc1cc(/C=C2/C(=O)N(Cc3ccccc3)C(=S)N2c2ccc(CC)cc2)ccc1OC. The number of carbonyl (C=O) groups is 1. The summed E-state index contributed by atoms with van der Waals surface area (Å²) in [5.74, 6) is 1.14. The Morgan fingerprint density at radius 3 is 2.29 bits per heavy atom. The van der Waals surface area contributed by atoms with Crippen molar-refractivity contribution >= 4 is 35.0 Å². The first-order chi connectivity index (χ1) is 16.5. The Hall–Kier alpha value is -3.64. The second kappa shape index (κ2) is 10.5. The van der Waals surface area contributed by atoms with Gasteiger partial charge in [0.25, 0.3) is 5.91 Å². The molecule has 1 aliphatic heterocycles. The van der Waals surface area contributed by atoms with Crippen LogP contribution in [-0.2, 0) is 17.8 Å². The summed E-state index contributed by atoms with van der Waals surface area (Å²) in [6.07, 6.45) is 2.80. The molecule has 0 atom stereocenters. The van der Waals surface area contributed by atoms with Gasteiger partial charge in [0, 0.05) is 5.69 Å². The van der Waals surface area contributed by atoms with Gasteiger partial charge in [-0.2, -0.15) is 0 Å². The van der Waals surface area contributed by atoms with Gasteiger partial charge >= 0.3 is 0 Å². The molecule has 0 bridgehead atoms. The van der Waals surface area contributed by atoms with Crippen LogP contribution in [0.2, 0.25) is 0 Å². The van der Waals surface area contributed by atoms with Crippen molar-refractivity contribution in [2.45, 2.75) is 26.8 Å². The number of carbonyl (C=O) groups excluding carboxylic acids is 1. The number of aryl methyl sites for hydroxylation is 1. The number of rotatable bonds is 8. The maximum atomic E-state index is 13.6. The molecule has 1 heterocycles. The van der Waals surface area contributed by atoms with E-state index in [-0.39, 0.29) is 5.91 Å². The maximum Gasteiger partial charge on any atom is 0.277 e. The van der Waals surface area contributed by atoms with E-state index >= 15 is 0 Å². The van der Waals surface area contributed by atoms with E-state index in [9.17, 15) is 4.79 Å². The van der Waals surface area contributed by atoms with Gasteiger partial charge in [-0.15, -0.1) is 0 Å². The van der Waals surface area contributed by atoms with Crippen molar-refractivity contribution in [1.82, 2.24) is 4.90 Å². The lowest BCUT2D eigenvalue weighted by molar-refractivity contribution is -0.122. The highest BCUT2D eigenvalue weighted by Crippen LogP contribution is 2.34. The minimum Gasteiger partial charge on any atom is -0.493 e. The number of thiocarbonyl (C=S) groups is 1. The molecule has 0 spiro atoms. The molecule has 0 unspecified atom stereocenters. The molecule has 1 aliphatic rings. The third kappa shape index (κ3) is 4.82. The molecule has 174 valence electrons. The summed E-state index contributed by atoms with van der Waals surface area (Å²) < 4.78 is 11.1. The number of hydrogen-bond donors (Lipinski definition) is 0. The van der Waals surface area contributed by atoms with Gasteiger partial charge in [0.05, 0.1) is 20.3 Å².